The van der Waals surface area contributed by atoms with Crippen LogP contribution < -0.4 is 11.1 Å². The molecule has 1 heterocycles. The maximum Gasteiger partial charge on any atom is 0.130 e. The van der Waals surface area contributed by atoms with Gasteiger partial charge in [0.1, 0.15) is 12.1 Å². The number of hydrogen-bond donors (Lipinski definition) is 2. The third-order valence-corrected chi connectivity index (χ3v) is 4.16. The van der Waals surface area contributed by atoms with Crippen molar-refractivity contribution in [3.63, 3.8) is 0 Å². The van der Waals surface area contributed by atoms with Crippen LogP contribution in [0.1, 0.15) is 58.1 Å². The van der Waals surface area contributed by atoms with Crippen LogP contribution in [0.25, 0.3) is 0 Å². The third kappa shape index (κ3) is 3.44. The van der Waals surface area contributed by atoms with Crippen molar-refractivity contribution in [2.75, 3.05) is 11.9 Å². The highest BCUT2D eigenvalue weighted by Crippen LogP contribution is 2.34. The van der Waals surface area contributed by atoms with Crippen molar-refractivity contribution in [3.8, 4) is 0 Å². The molecule has 2 rings (SSSR count). The molecular formula is C15H26N4. The Morgan fingerprint density at radius 3 is 2.89 bits per heavy atom. The Hall–Kier alpha value is -1.16. The minimum absolute atomic E-state index is 0.0142. The largest absolute Gasteiger partial charge is 0.363 e. The number of anilines is 1. The molecule has 0 spiro atoms. The van der Waals surface area contributed by atoms with E-state index in [2.05, 4.69) is 42.1 Å². The Morgan fingerprint density at radius 2 is 2.26 bits per heavy atom. The van der Waals surface area contributed by atoms with Gasteiger partial charge in [-0.25, -0.2) is 9.97 Å². The van der Waals surface area contributed by atoms with Crippen LogP contribution in [0.3, 0.4) is 0 Å². The van der Waals surface area contributed by atoms with Gasteiger partial charge in [0.05, 0.1) is 5.54 Å². The second-order valence-electron chi connectivity index (χ2n) is 6.29. The van der Waals surface area contributed by atoms with Crippen molar-refractivity contribution in [2.45, 2.75) is 57.9 Å². The van der Waals surface area contributed by atoms with Gasteiger partial charge >= 0.3 is 0 Å². The highest BCUT2D eigenvalue weighted by Gasteiger charge is 2.33. The van der Waals surface area contributed by atoms with Crippen molar-refractivity contribution in [3.05, 3.63) is 18.1 Å². The molecule has 0 saturated heterocycles. The van der Waals surface area contributed by atoms with Gasteiger partial charge in [-0.05, 0) is 24.7 Å². The first-order chi connectivity index (χ1) is 9.04. The normalized spacial score (nSPS) is 27.5. The molecule has 2 atom stereocenters. The van der Waals surface area contributed by atoms with E-state index in [9.17, 15) is 0 Å². The van der Waals surface area contributed by atoms with Gasteiger partial charge in [0.2, 0.25) is 0 Å². The fraction of sp³-hybridized carbons (Fsp3) is 0.733. The summed E-state index contributed by atoms with van der Waals surface area (Å²) in [7, 11) is 0. The fourth-order valence-corrected chi connectivity index (χ4v) is 3.04. The number of aromatic nitrogens is 2. The first kappa shape index (κ1) is 14.3. The lowest BCUT2D eigenvalue weighted by molar-refractivity contribution is 0.263. The Bertz CT molecular complexity index is 418. The fourth-order valence-electron chi connectivity index (χ4n) is 3.04. The molecule has 2 unspecified atom stereocenters. The summed E-state index contributed by atoms with van der Waals surface area (Å²) in [4.78, 5) is 8.67. The second kappa shape index (κ2) is 5.87. The number of rotatable bonds is 4. The zero-order valence-corrected chi connectivity index (χ0v) is 12.3. The van der Waals surface area contributed by atoms with E-state index >= 15 is 0 Å². The smallest absolute Gasteiger partial charge is 0.130 e. The van der Waals surface area contributed by atoms with E-state index in [4.69, 9.17) is 5.73 Å². The molecule has 4 heteroatoms. The van der Waals surface area contributed by atoms with Crippen molar-refractivity contribution in [2.24, 2.45) is 11.7 Å². The molecule has 106 valence electrons. The summed E-state index contributed by atoms with van der Waals surface area (Å²) in [5.41, 5.74) is 7.13. The van der Waals surface area contributed by atoms with Crippen LogP contribution in [-0.4, -0.2) is 22.1 Å². The molecule has 3 N–H and O–H groups in total. The predicted octanol–water partition coefficient (Wildman–Crippen LogP) is 2.92. The monoisotopic (exact) mass is 262 g/mol. The number of nitrogens with one attached hydrogen (secondary N) is 1. The molecule has 0 bridgehead atoms. The molecule has 19 heavy (non-hydrogen) atoms. The summed E-state index contributed by atoms with van der Waals surface area (Å²) in [5.74, 6) is 2.07. The van der Waals surface area contributed by atoms with Crippen LogP contribution in [0, 0.1) is 5.92 Å². The molecule has 1 aliphatic carbocycles. The molecule has 4 nitrogen and oxygen atoms in total. The van der Waals surface area contributed by atoms with Crippen molar-refractivity contribution < 1.29 is 0 Å². The predicted molar refractivity (Wildman–Crippen MR) is 79.2 cm³/mol. The maximum atomic E-state index is 6.04. The lowest BCUT2D eigenvalue weighted by Crippen LogP contribution is -2.48. The molecular weight excluding hydrogens is 236 g/mol. The second-order valence-corrected chi connectivity index (χ2v) is 6.29. The zero-order chi connectivity index (χ0) is 13.9. The van der Waals surface area contributed by atoms with Gasteiger partial charge in [-0.15, -0.1) is 0 Å². The summed E-state index contributed by atoms with van der Waals surface area (Å²) < 4.78 is 0. The van der Waals surface area contributed by atoms with Crippen LogP contribution in [0.5, 0.6) is 0 Å². The summed E-state index contributed by atoms with van der Waals surface area (Å²) in [6.07, 6.45) is 6.46. The molecule has 0 radical (unpaired) electrons. The standard InChI is InChI=1S/C15H26N4/c1-11(2)13-7-14(18-10-17-13)19-15(9-16)6-4-5-12(3)8-15/h7,10-12H,4-6,8-9,16H2,1-3H3,(H,17,18,19). The summed E-state index contributed by atoms with van der Waals surface area (Å²) in [6, 6.07) is 2.06. The molecule has 1 aliphatic rings. The molecule has 0 aliphatic heterocycles. The van der Waals surface area contributed by atoms with E-state index in [1.165, 1.54) is 12.8 Å². The number of nitrogens with two attached hydrogens (primary N) is 1. The average Bonchev–Trinajstić information content (AvgIpc) is 2.39. The lowest BCUT2D eigenvalue weighted by atomic mass is 9.76. The van der Waals surface area contributed by atoms with E-state index < -0.39 is 0 Å². The first-order valence-corrected chi connectivity index (χ1v) is 7.35. The van der Waals surface area contributed by atoms with E-state index in [0.29, 0.717) is 12.5 Å². The Labute approximate surface area is 116 Å². The summed E-state index contributed by atoms with van der Waals surface area (Å²) in [5, 5.41) is 3.59. The van der Waals surface area contributed by atoms with Crippen molar-refractivity contribution >= 4 is 5.82 Å². The Kier molecular flexibility index (Phi) is 4.40. The Balaban J connectivity index is 2.15. The molecule has 0 amide bonds. The Morgan fingerprint density at radius 1 is 1.47 bits per heavy atom. The van der Waals surface area contributed by atoms with Gasteiger partial charge < -0.3 is 11.1 Å². The highest BCUT2D eigenvalue weighted by molar-refractivity contribution is 5.39. The SMILES string of the molecule is CC1CCCC(CN)(Nc2cc(C(C)C)ncn2)C1. The quantitative estimate of drug-likeness (QED) is 0.875. The van der Waals surface area contributed by atoms with E-state index in [0.717, 1.165) is 30.3 Å². The van der Waals surface area contributed by atoms with Crippen molar-refractivity contribution in [1.82, 2.24) is 9.97 Å². The molecule has 1 fully saturated rings. The molecule has 1 saturated carbocycles. The van der Waals surface area contributed by atoms with Gasteiger partial charge in [0, 0.05) is 18.3 Å². The zero-order valence-electron chi connectivity index (χ0n) is 12.3. The third-order valence-electron chi connectivity index (χ3n) is 4.16. The molecule has 1 aromatic heterocycles. The van der Waals surface area contributed by atoms with Crippen molar-refractivity contribution in [1.29, 1.82) is 0 Å². The minimum atomic E-state index is 0.0142. The van der Waals surface area contributed by atoms with Crippen LogP contribution in [0.15, 0.2) is 12.4 Å². The topological polar surface area (TPSA) is 63.8 Å². The van der Waals surface area contributed by atoms with Crippen LogP contribution in [0.4, 0.5) is 5.82 Å². The van der Waals surface area contributed by atoms with Gasteiger partial charge in [0.15, 0.2) is 0 Å². The van der Waals surface area contributed by atoms with Gasteiger partial charge in [0.25, 0.3) is 0 Å². The van der Waals surface area contributed by atoms with E-state index in [-0.39, 0.29) is 5.54 Å². The highest BCUT2D eigenvalue weighted by atomic mass is 15.1. The minimum Gasteiger partial charge on any atom is -0.363 e. The average molecular weight is 262 g/mol. The van der Waals surface area contributed by atoms with Crippen LogP contribution >= 0.6 is 0 Å². The van der Waals surface area contributed by atoms with Crippen LogP contribution in [0.2, 0.25) is 0 Å². The maximum absolute atomic E-state index is 6.04. The number of nitrogens with zero attached hydrogens (tertiary/aromatic N) is 2. The lowest BCUT2D eigenvalue weighted by Gasteiger charge is -2.40. The van der Waals surface area contributed by atoms with Crippen LogP contribution in [-0.2, 0) is 0 Å². The van der Waals surface area contributed by atoms with Gasteiger partial charge in [-0.2, -0.15) is 0 Å². The number of hydrogen-bond acceptors (Lipinski definition) is 4. The van der Waals surface area contributed by atoms with Gasteiger partial charge in [-0.3, -0.25) is 0 Å². The van der Waals surface area contributed by atoms with Gasteiger partial charge in [-0.1, -0.05) is 33.6 Å². The molecule has 0 aromatic carbocycles. The van der Waals surface area contributed by atoms with E-state index in [1.54, 1.807) is 6.33 Å². The summed E-state index contributed by atoms with van der Waals surface area (Å²) in [6.45, 7) is 7.27. The first-order valence-electron chi connectivity index (χ1n) is 7.35. The summed E-state index contributed by atoms with van der Waals surface area (Å²) >= 11 is 0. The van der Waals surface area contributed by atoms with E-state index in [1.807, 2.05) is 0 Å². The molecule has 1 aromatic rings.